The Morgan fingerprint density at radius 3 is 2.61 bits per heavy atom. The van der Waals surface area contributed by atoms with Crippen LogP contribution in [0, 0.1) is 13.8 Å². The lowest BCUT2D eigenvalue weighted by molar-refractivity contribution is -0.118. The van der Waals surface area contributed by atoms with E-state index in [4.69, 9.17) is 4.52 Å². The lowest BCUT2D eigenvalue weighted by Crippen LogP contribution is -2.40. The third-order valence-electron chi connectivity index (χ3n) is 6.58. The number of hydrogen-bond acceptors (Lipinski definition) is 9. The summed E-state index contributed by atoms with van der Waals surface area (Å²) in [5.74, 6) is -3.05. The molecule has 0 bridgehead atoms. The van der Waals surface area contributed by atoms with Crippen LogP contribution >= 0.6 is 0 Å². The number of nitrogens with zero attached hydrogens (tertiary/aromatic N) is 8. The van der Waals surface area contributed by atoms with Gasteiger partial charge in [0.15, 0.2) is 17.0 Å². The van der Waals surface area contributed by atoms with Gasteiger partial charge in [0.2, 0.25) is 11.8 Å². The van der Waals surface area contributed by atoms with E-state index in [9.17, 15) is 23.2 Å². The molecule has 5 aromatic rings. The summed E-state index contributed by atoms with van der Waals surface area (Å²) in [6.45, 7) is 5.20. The second kappa shape index (κ2) is 10.1. The highest BCUT2D eigenvalue weighted by atomic mass is 19.3. The second-order valence-corrected chi connectivity index (χ2v) is 9.61. The molecule has 5 rings (SSSR count). The minimum absolute atomic E-state index is 0.0235. The van der Waals surface area contributed by atoms with Gasteiger partial charge < -0.3 is 14.4 Å². The standard InChI is InChI=1S/C26H25F2N9O4/c1-13-17(26(4,27)28)9-16(10-29-13)18-7-6-8-19(32-18)33-23(38)14(2)37-12-30-22-21(37)24(39)36(25(40)35(22)5)11-20-31-15(3)41-34-20/h6-10,12,14H,11H2,1-5H3,(H,32,33,38)/t14-/m0/s1. The highest BCUT2D eigenvalue weighted by molar-refractivity contribution is 5.93. The summed E-state index contributed by atoms with van der Waals surface area (Å²) in [7, 11) is 1.46. The average molecular weight is 566 g/mol. The van der Waals surface area contributed by atoms with Crippen LogP contribution in [0.4, 0.5) is 14.6 Å². The molecule has 1 N–H and O–H groups in total. The minimum atomic E-state index is -3.09. The van der Waals surface area contributed by atoms with E-state index in [1.54, 1.807) is 32.0 Å². The van der Waals surface area contributed by atoms with E-state index in [1.165, 1.54) is 41.7 Å². The van der Waals surface area contributed by atoms with E-state index in [1.807, 2.05) is 0 Å². The fraction of sp³-hybridized carbons (Fsp3) is 0.308. The molecular weight excluding hydrogens is 540 g/mol. The van der Waals surface area contributed by atoms with Crippen molar-refractivity contribution in [3.8, 4) is 11.3 Å². The number of rotatable bonds is 7. The average Bonchev–Trinajstić information content (AvgIpc) is 3.55. The van der Waals surface area contributed by atoms with Crippen LogP contribution in [0.3, 0.4) is 0 Å². The molecule has 0 spiro atoms. The molecule has 41 heavy (non-hydrogen) atoms. The molecule has 0 aliphatic heterocycles. The molecule has 0 unspecified atom stereocenters. The van der Waals surface area contributed by atoms with Gasteiger partial charge in [-0.25, -0.2) is 23.5 Å². The van der Waals surface area contributed by atoms with Gasteiger partial charge in [-0.1, -0.05) is 11.2 Å². The quantitative estimate of drug-likeness (QED) is 0.313. The highest BCUT2D eigenvalue weighted by Crippen LogP contribution is 2.32. The van der Waals surface area contributed by atoms with E-state index in [-0.39, 0.29) is 46.5 Å². The monoisotopic (exact) mass is 565 g/mol. The van der Waals surface area contributed by atoms with E-state index >= 15 is 0 Å². The first-order valence-corrected chi connectivity index (χ1v) is 12.4. The maximum absolute atomic E-state index is 14.0. The smallest absolute Gasteiger partial charge is 0.332 e. The molecule has 0 aliphatic rings. The molecule has 13 nitrogen and oxygen atoms in total. The number of fused-ring (bicyclic) bond motifs is 1. The summed E-state index contributed by atoms with van der Waals surface area (Å²) in [6.07, 6.45) is 2.73. The Balaban J connectivity index is 1.45. The normalized spacial score (nSPS) is 12.6. The largest absolute Gasteiger partial charge is 0.340 e. The van der Waals surface area contributed by atoms with Crippen molar-refractivity contribution in [2.45, 2.75) is 46.2 Å². The van der Waals surface area contributed by atoms with Gasteiger partial charge in [-0.05, 0) is 32.0 Å². The Hall–Kier alpha value is -5.08. The Morgan fingerprint density at radius 2 is 1.93 bits per heavy atom. The van der Waals surface area contributed by atoms with Gasteiger partial charge in [0.1, 0.15) is 11.9 Å². The lowest BCUT2D eigenvalue weighted by atomic mass is 10.0. The summed E-state index contributed by atoms with van der Waals surface area (Å²) in [4.78, 5) is 56.2. The van der Waals surface area contributed by atoms with Crippen LogP contribution in [0.15, 0.2) is 50.9 Å². The topological polar surface area (TPSA) is 156 Å². The van der Waals surface area contributed by atoms with Gasteiger partial charge in [-0.3, -0.25) is 23.7 Å². The van der Waals surface area contributed by atoms with Crippen molar-refractivity contribution in [3.05, 3.63) is 80.6 Å². The number of amides is 1. The number of nitrogens with one attached hydrogen (secondary N) is 1. The molecule has 1 atom stereocenters. The van der Waals surface area contributed by atoms with Gasteiger partial charge in [0, 0.05) is 43.9 Å². The molecule has 212 valence electrons. The first kappa shape index (κ1) is 27.5. The zero-order valence-corrected chi connectivity index (χ0v) is 22.7. The molecule has 0 saturated carbocycles. The number of aryl methyl sites for hydroxylation is 3. The number of halogens is 2. The molecule has 0 aliphatic carbocycles. The first-order valence-electron chi connectivity index (χ1n) is 12.4. The number of imidazole rings is 1. The third kappa shape index (κ3) is 5.13. The van der Waals surface area contributed by atoms with Gasteiger partial charge >= 0.3 is 5.69 Å². The Bertz CT molecular complexity index is 1920. The molecule has 0 saturated heterocycles. The molecule has 0 aromatic carbocycles. The number of hydrogen-bond donors (Lipinski definition) is 1. The van der Waals surface area contributed by atoms with Crippen molar-refractivity contribution in [2.24, 2.45) is 7.05 Å². The van der Waals surface area contributed by atoms with E-state index < -0.39 is 29.1 Å². The predicted molar refractivity (Wildman–Crippen MR) is 142 cm³/mol. The van der Waals surface area contributed by atoms with Crippen LogP contribution in [-0.2, 0) is 24.3 Å². The number of aromatic nitrogens is 8. The van der Waals surface area contributed by atoms with Crippen LogP contribution in [0.5, 0.6) is 0 Å². The first-order chi connectivity index (χ1) is 19.3. The molecule has 0 fully saturated rings. The Morgan fingerprint density at radius 1 is 1.17 bits per heavy atom. The molecule has 5 aromatic heterocycles. The number of anilines is 1. The summed E-state index contributed by atoms with van der Waals surface area (Å²) in [5, 5.41) is 6.43. The third-order valence-corrected chi connectivity index (χ3v) is 6.58. The molecule has 0 radical (unpaired) electrons. The maximum Gasteiger partial charge on any atom is 0.332 e. The van der Waals surface area contributed by atoms with Crippen LogP contribution in [0.1, 0.15) is 42.9 Å². The van der Waals surface area contributed by atoms with Crippen LogP contribution in [-0.4, -0.2) is 44.7 Å². The summed E-state index contributed by atoms with van der Waals surface area (Å²) < 4.78 is 36.5. The molecule has 5 heterocycles. The number of alkyl halides is 2. The fourth-order valence-corrected chi connectivity index (χ4v) is 4.41. The van der Waals surface area contributed by atoms with Crippen LogP contribution < -0.4 is 16.6 Å². The van der Waals surface area contributed by atoms with Gasteiger partial charge in [0.25, 0.3) is 11.5 Å². The van der Waals surface area contributed by atoms with Crippen molar-refractivity contribution >= 4 is 22.9 Å². The Kier molecular flexibility index (Phi) is 6.80. The molecule has 1 amide bonds. The summed E-state index contributed by atoms with van der Waals surface area (Å²) in [6, 6.07) is 5.14. The Labute approximate surface area is 230 Å². The summed E-state index contributed by atoms with van der Waals surface area (Å²) >= 11 is 0. The molecule has 15 heteroatoms. The van der Waals surface area contributed by atoms with Crippen molar-refractivity contribution < 1.29 is 18.1 Å². The summed E-state index contributed by atoms with van der Waals surface area (Å²) in [5.41, 5.74) is -0.532. The number of carbonyl (C=O) groups is 1. The zero-order chi connectivity index (χ0) is 29.6. The second-order valence-electron chi connectivity index (χ2n) is 9.61. The van der Waals surface area contributed by atoms with Crippen LogP contribution in [0.2, 0.25) is 0 Å². The number of carbonyl (C=O) groups excluding carboxylic acids is 1. The predicted octanol–water partition coefficient (Wildman–Crippen LogP) is 2.71. The van der Waals surface area contributed by atoms with Gasteiger partial charge in [-0.2, -0.15) is 4.98 Å². The van der Waals surface area contributed by atoms with E-state index in [2.05, 4.69) is 30.4 Å². The highest BCUT2D eigenvalue weighted by Gasteiger charge is 2.28. The van der Waals surface area contributed by atoms with Crippen molar-refractivity contribution in [1.29, 1.82) is 0 Å². The molecular formula is C26H25F2N9O4. The van der Waals surface area contributed by atoms with Crippen LogP contribution in [0.25, 0.3) is 22.4 Å². The number of pyridine rings is 2. The van der Waals surface area contributed by atoms with Gasteiger partial charge in [-0.15, -0.1) is 0 Å². The fourth-order valence-electron chi connectivity index (χ4n) is 4.41. The van der Waals surface area contributed by atoms with Gasteiger partial charge in [0.05, 0.1) is 18.6 Å². The van der Waals surface area contributed by atoms with E-state index in [0.717, 1.165) is 11.5 Å². The lowest BCUT2D eigenvalue weighted by Gasteiger charge is -2.16. The zero-order valence-electron chi connectivity index (χ0n) is 22.7. The SMILES string of the molecule is Cc1nc(Cn2c(=O)c3c(ncn3[C@@H](C)C(=O)Nc3cccc(-c4cnc(C)c(C(C)(F)F)c4)n3)n(C)c2=O)no1. The maximum atomic E-state index is 14.0. The van der Waals surface area contributed by atoms with Crippen molar-refractivity contribution in [1.82, 2.24) is 38.8 Å². The minimum Gasteiger partial charge on any atom is -0.340 e. The van der Waals surface area contributed by atoms with Crippen molar-refractivity contribution in [2.75, 3.05) is 5.32 Å². The van der Waals surface area contributed by atoms with E-state index in [0.29, 0.717) is 11.3 Å². The van der Waals surface area contributed by atoms with Crippen molar-refractivity contribution in [3.63, 3.8) is 0 Å².